The fraction of sp³-hybridized carbons (Fsp3) is 0.0667. The van der Waals surface area contributed by atoms with Crippen LogP contribution in [0.5, 0.6) is 0 Å². The zero-order valence-electron chi connectivity index (χ0n) is 21.5. The number of amides is 2. The van der Waals surface area contributed by atoms with Crippen LogP contribution in [0.1, 0.15) is 36.6 Å². The minimum Gasteiger partial charge on any atom is -0.480 e. The molecule has 212 valence electrons. The lowest BCUT2D eigenvalue weighted by atomic mass is 9.69. The smallest absolute Gasteiger partial charge is 0.335 e. The van der Waals surface area contributed by atoms with E-state index in [4.69, 9.17) is 0 Å². The van der Waals surface area contributed by atoms with Crippen molar-refractivity contribution in [3.63, 3.8) is 0 Å². The summed E-state index contributed by atoms with van der Waals surface area (Å²) in [6.07, 6.45) is 3.49. The van der Waals surface area contributed by atoms with Crippen LogP contribution in [0, 0.1) is 11.3 Å². The van der Waals surface area contributed by atoms with Crippen molar-refractivity contribution in [1.82, 2.24) is 0 Å². The van der Waals surface area contributed by atoms with E-state index in [-0.39, 0.29) is 33.6 Å². The zero-order valence-corrected chi connectivity index (χ0v) is 21.5. The lowest BCUT2D eigenvalue weighted by Crippen LogP contribution is -2.51. The summed E-state index contributed by atoms with van der Waals surface area (Å²) in [6.45, 7) is 0. The Labute approximate surface area is 237 Å². The Kier molecular flexibility index (Phi) is 8.00. The quantitative estimate of drug-likeness (QED) is 0.206. The van der Waals surface area contributed by atoms with E-state index in [0.29, 0.717) is 5.56 Å². The van der Waals surface area contributed by atoms with Crippen molar-refractivity contribution < 1.29 is 49.2 Å². The highest BCUT2D eigenvalue weighted by atomic mass is 16.4. The van der Waals surface area contributed by atoms with E-state index in [2.05, 4.69) is 10.6 Å². The second-order valence-electron chi connectivity index (χ2n) is 9.21. The Morgan fingerprint density at radius 1 is 0.643 bits per heavy atom. The number of allylic oxidation sites excluding steroid dienone is 2. The summed E-state index contributed by atoms with van der Waals surface area (Å²) in [6, 6.07) is 15.9. The summed E-state index contributed by atoms with van der Waals surface area (Å²) in [4.78, 5) is 74.4. The summed E-state index contributed by atoms with van der Waals surface area (Å²) >= 11 is 0. The van der Waals surface area contributed by atoms with Crippen LogP contribution in [0.15, 0.2) is 91.0 Å². The molecule has 2 unspecified atom stereocenters. The van der Waals surface area contributed by atoms with Gasteiger partial charge < -0.3 is 31.1 Å². The maximum absolute atomic E-state index is 13.7. The summed E-state index contributed by atoms with van der Waals surface area (Å²) in [7, 11) is 0. The number of aliphatic carboxylic acids is 1. The number of carboxylic acid groups (broad SMARTS) is 4. The van der Waals surface area contributed by atoms with E-state index < -0.39 is 47.0 Å². The summed E-state index contributed by atoms with van der Waals surface area (Å²) in [5.41, 5.74) is -2.40. The van der Waals surface area contributed by atoms with Gasteiger partial charge >= 0.3 is 23.9 Å². The zero-order chi connectivity index (χ0) is 30.6. The molecule has 0 aromatic heterocycles. The summed E-state index contributed by atoms with van der Waals surface area (Å²) < 4.78 is 0. The molecule has 2 atom stereocenters. The third-order valence-electron chi connectivity index (χ3n) is 6.56. The average Bonchev–Trinajstić information content (AvgIpc) is 2.96. The lowest BCUT2D eigenvalue weighted by molar-refractivity contribution is -0.155. The van der Waals surface area contributed by atoms with Gasteiger partial charge in [0.2, 0.25) is 11.8 Å². The van der Waals surface area contributed by atoms with Crippen LogP contribution in [-0.2, 0) is 14.4 Å². The largest absolute Gasteiger partial charge is 0.480 e. The Hall–Kier alpha value is -6.04. The minimum atomic E-state index is -2.55. The number of carboxylic acids is 4. The first-order chi connectivity index (χ1) is 19.9. The SMILES string of the molecule is O=C(O)c1cccc(NC(=O)C2C=C(c3cccc(C(=O)O)c3)C=CC2(C(=O)O)C(=O)Nc2cccc(C(=O)O)c2)c1. The van der Waals surface area contributed by atoms with Crippen LogP contribution in [-0.4, -0.2) is 56.1 Å². The predicted molar refractivity (Wildman–Crippen MR) is 148 cm³/mol. The Morgan fingerprint density at radius 2 is 1.14 bits per heavy atom. The number of rotatable bonds is 9. The van der Waals surface area contributed by atoms with Crippen LogP contribution < -0.4 is 10.6 Å². The van der Waals surface area contributed by atoms with Gasteiger partial charge in [-0.2, -0.15) is 0 Å². The van der Waals surface area contributed by atoms with Crippen LogP contribution in [0.3, 0.4) is 0 Å². The van der Waals surface area contributed by atoms with Crippen molar-refractivity contribution in [2.75, 3.05) is 10.6 Å². The van der Waals surface area contributed by atoms with Gasteiger partial charge in [-0.1, -0.05) is 42.5 Å². The van der Waals surface area contributed by atoms with E-state index in [9.17, 15) is 49.2 Å². The molecule has 12 nitrogen and oxygen atoms in total. The lowest BCUT2D eigenvalue weighted by Gasteiger charge is -2.34. The molecule has 12 heteroatoms. The number of carbonyl (C=O) groups excluding carboxylic acids is 2. The predicted octanol–water partition coefficient (Wildman–Crippen LogP) is 3.70. The van der Waals surface area contributed by atoms with Gasteiger partial charge in [0.15, 0.2) is 5.41 Å². The number of anilines is 2. The monoisotopic (exact) mass is 570 g/mol. The maximum atomic E-state index is 13.7. The minimum absolute atomic E-state index is 0.0196. The molecule has 0 spiro atoms. The third-order valence-corrected chi connectivity index (χ3v) is 6.56. The van der Waals surface area contributed by atoms with Gasteiger partial charge in [-0.05, 0) is 59.7 Å². The van der Waals surface area contributed by atoms with E-state index >= 15 is 0 Å². The summed E-state index contributed by atoms with van der Waals surface area (Å²) in [5, 5.41) is 43.2. The second kappa shape index (κ2) is 11.6. The highest BCUT2D eigenvalue weighted by Crippen LogP contribution is 2.41. The Balaban J connectivity index is 1.80. The van der Waals surface area contributed by atoms with Gasteiger partial charge in [-0.3, -0.25) is 14.4 Å². The number of benzene rings is 3. The summed E-state index contributed by atoms with van der Waals surface area (Å²) in [5.74, 6) is -9.36. The standard InChI is InChI=1S/C30H22N2O10/c33-24(31-21-8-2-6-19(13-21)26(36)37)23-15-17(16-4-1-5-18(12-16)25(34)35)10-11-30(23,29(41)42)28(40)32-22-9-3-7-20(14-22)27(38)39/h1-15,23H,(H,31,33)(H,32,40)(H,34,35)(H,36,37)(H,38,39)(H,41,42). The third kappa shape index (κ3) is 5.77. The van der Waals surface area contributed by atoms with E-state index in [1.165, 1.54) is 66.7 Å². The molecule has 1 aliphatic rings. The topological polar surface area (TPSA) is 207 Å². The van der Waals surface area contributed by atoms with Gasteiger partial charge in [0, 0.05) is 11.4 Å². The number of hydrogen-bond donors (Lipinski definition) is 6. The highest BCUT2D eigenvalue weighted by molar-refractivity contribution is 6.16. The number of hydrogen-bond acceptors (Lipinski definition) is 6. The molecule has 4 rings (SSSR count). The number of aromatic carboxylic acids is 3. The maximum Gasteiger partial charge on any atom is 0.335 e. The van der Waals surface area contributed by atoms with Crippen molar-refractivity contribution in [1.29, 1.82) is 0 Å². The molecule has 2 amide bonds. The number of nitrogens with one attached hydrogen (secondary N) is 2. The first kappa shape index (κ1) is 29.0. The normalized spacial score (nSPS) is 17.4. The molecule has 0 radical (unpaired) electrons. The molecule has 0 saturated carbocycles. The molecule has 1 aliphatic carbocycles. The molecule has 0 saturated heterocycles. The molecule has 3 aromatic rings. The molecular weight excluding hydrogens is 548 g/mol. The fourth-order valence-corrected chi connectivity index (χ4v) is 4.43. The van der Waals surface area contributed by atoms with Gasteiger partial charge in [-0.15, -0.1) is 0 Å². The van der Waals surface area contributed by atoms with Crippen molar-refractivity contribution in [3.8, 4) is 0 Å². The Bertz CT molecular complexity index is 1710. The average molecular weight is 571 g/mol. The van der Waals surface area contributed by atoms with Gasteiger partial charge in [0.25, 0.3) is 0 Å². The molecule has 0 bridgehead atoms. The van der Waals surface area contributed by atoms with Crippen molar-refractivity contribution in [2.24, 2.45) is 11.3 Å². The van der Waals surface area contributed by atoms with Gasteiger partial charge in [-0.25, -0.2) is 14.4 Å². The molecule has 42 heavy (non-hydrogen) atoms. The fourth-order valence-electron chi connectivity index (χ4n) is 4.43. The molecule has 0 aliphatic heterocycles. The molecule has 6 N–H and O–H groups in total. The van der Waals surface area contributed by atoms with Crippen molar-refractivity contribution in [3.05, 3.63) is 113 Å². The van der Waals surface area contributed by atoms with Gasteiger partial charge in [0.1, 0.15) is 0 Å². The van der Waals surface area contributed by atoms with E-state index in [0.717, 1.165) is 18.2 Å². The second-order valence-corrected chi connectivity index (χ2v) is 9.21. The number of carbonyl (C=O) groups is 6. The molecule has 0 heterocycles. The molecule has 3 aromatic carbocycles. The van der Waals surface area contributed by atoms with Crippen LogP contribution in [0.4, 0.5) is 11.4 Å². The van der Waals surface area contributed by atoms with Crippen molar-refractivity contribution in [2.45, 2.75) is 0 Å². The Morgan fingerprint density at radius 3 is 1.67 bits per heavy atom. The van der Waals surface area contributed by atoms with Crippen molar-refractivity contribution >= 4 is 52.6 Å². The highest BCUT2D eigenvalue weighted by Gasteiger charge is 2.54. The first-order valence-electron chi connectivity index (χ1n) is 12.2. The first-order valence-corrected chi connectivity index (χ1v) is 12.2. The molecular formula is C30H22N2O10. The van der Waals surface area contributed by atoms with E-state index in [1.54, 1.807) is 6.07 Å². The van der Waals surface area contributed by atoms with Crippen LogP contribution in [0.2, 0.25) is 0 Å². The van der Waals surface area contributed by atoms with Gasteiger partial charge in [0.05, 0.1) is 22.6 Å². The molecule has 0 fully saturated rings. The van der Waals surface area contributed by atoms with Crippen LogP contribution >= 0.6 is 0 Å². The van der Waals surface area contributed by atoms with Crippen LogP contribution in [0.25, 0.3) is 5.57 Å². The van der Waals surface area contributed by atoms with E-state index in [1.807, 2.05) is 0 Å².